The third-order valence-corrected chi connectivity index (χ3v) is 4.89. The maximum absolute atomic E-state index is 13.0. The predicted octanol–water partition coefficient (Wildman–Crippen LogP) is 5.24. The summed E-state index contributed by atoms with van der Waals surface area (Å²) in [5.74, 6) is 0. The lowest BCUT2D eigenvalue weighted by atomic mass is 10.1. The van der Waals surface area contributed by atoms with E-state index in [0.717, 1.165) is 21.0 Å². The zero-order valence-corrected chi connectivity index (χ0v) is 17.9. The van der Waals surface area contributed by atoms with E-state index in [0.29, 0.717) is 24.0 Å². The van der Waals surface area contributed by atoms with Gasteiger partial charge < -0.3 is 4.74 Å². The summed E-state index contributed by atoms with van der Waals surface area (Å²) in [4.78, 5) is 30.2. The topological polar surface area (TPSA) is 66.1 Å². The maximum Gasteiger partial charge on any atom is 0.423 e. The van der Waals surface area contributed by atoms with Crippen LogP contribution in [-0.4, -0.2) is 25.8 Å². The van der Waals surface area contributed by atoms with Crippen molar-refractivity contribution in [3.8, 4) is 0 Å². The molecular formula is C25H25N3O3. The second kappa shape index (κ2) is 8.22. The van der Waals surface area contributed by atoms with E-state index in [9.17, 15) is 9.59 Å². The summed E-state index contributed by atoms with van der Waals surface area (Å²) in [5, 5.41) is 1.08. The first kappa shape index (κ1) is 20.6. The van der Waals surface area contributed by atoms with Gasteiger partial charge in [-0.15, -0.1) is 0 Å². The van der Waals surface area contributed by atoms with Crippen LogP contribution in [0.3, 0.4) is 0 Å². The van der Waals surface area contributed by atoms with Crippen LogP contribution >= 0.6 is 0 Å². The van der Waals surface area contributed by atoms with Crippen molar-refractivity contribution in [2.24, 2.45) is 0 Å². The van der Waals surface area contributed by atoms with Crippen LogP contribution in [0.25, 0.3) is 28.0 Å². The van der Waals surface area contributed by atoms with E-state index in [1.54, 1.807) is 43.7 Å². The molecule has 0 N–H and O–H groups in total. The SMILES string of the molecule is CC(C)(C)OC(=O)n1c(=O)n(CC/C=C/c2cccc3cccnc23)c2ccccc21. The minimum Gasteiger partial charge on any atom is -0.443 e. The highest BCUT2D eigenvalue weighted by molar-refractivity contribution is 5.87. The Kier molecular flexibility index (Phi) is 5.46. The lowest BCUT2D eigenvalue weighted by Gasteiger charge is -2.19. The van der Waals surface area contributed by atoms with Crippen molar-refractivity contribution in [3.63, 3.8) is 0 Å². The highest BCUT2D eigenvalue weighted by atomic mass is 16.6. The summed E-state index contributed by atoms with van der Waals surface area (Å²) in [6.45, 7) is 5.79. The van der Waals surface area contributed by atoms with Crippen LogP contribution < -0.4 is 5.69 Å². The zero-order chi connectivity index (χ0) is 22.0. The Balaban J connectivity index is 1.60. The molecule has 0 saturated carbocycles. The van der Waals surface area contributed by atoms with Gasteiger partial charge in [0.25, 0.3) is 0 Å². The largest absolute Gasteiger partial charge is 0.443 e. The summed E-state index contributed by atoms with van der Waals surface area (Å²) >= 11 is 0. The third kappa shape index (κ3) is 4.28. The van der Waals surface area contributed by atoms with Crippen LogP contribution in [0.2, 0.25) is 0 Å². The number of carbonyl (C=O) groups excluding carboxylic acids is 1. The van der Waals surface area contributed by atoms with Gasteiger partial charge in [0, 0.05) is 23.7 Å². The Labute approximate surface area is 180 Å². The van der Waals surface area contributed by atoms with Gasteiger partial charge in [0.15, 0.2) is 0 Å². The summed E-state index contributed by atoms with van der Waals surface area (Å²) in [6.07, 6.45) is 5.80. The number of aryl methyl sites for hydroxylation is 1. The van der Waals surface area contributed by atoms with E-state index in [4.69, 9.17) is 4.74 Å². The second-order valence-corrected chi connectivity index (χ2v) is 8.35. The van der Waals surface area contributed by atoms with E-state index in [1.165, 1.54) is 0 Å². The minimum atomic E-state index is -0.686. The predicted molar refractivity (Wildman–Crippen MR) is 123 cm³/mol. The van der Waals surface area contributed by atoms with Crippen molar-refractivity contribution in [1.82, 2.24) is 14.1 Å². The molecule has 0 aliphatic heterocycles. The van der Waals surface area contributed by atoms with E-state index in [1.807, 2.05) is 54.6 Å². The van der Waals surface area contributed by atoms with Crippen LogP contribution in [-0.2, 0) is 11.3 Å². The Morgan fingerprint density at radius 3 is 2.55 bits per heavy atom. The third-order valence-electron chi connectivity index (χ3n) is 4.89. The first-order valence-corrected chi connectivity index (χ1v) is 10.3. The Bertz CT molecular complexity index is 1330. The molecule has 0 unspecified atom stereocenters. The number of aromatic nitrogens is 3. The minimum absolute atomic E-state index is 0.393. The summed E-state index contributed by atoms with van der Waals surface area (Å²) in [5.41, 5.74) is 2.15. The van der Waals surface area contributed by atoms with Gasteiger partial charge in [-0.05, 0) is 45.4 Å². The van der Waals surface area contributed by atoms with E-state index in [2.05, 4.69) is 4.98 Å². The number of rotatable bonds is 4. The molecule has 0 fully saturated rings. The smallest absolute Gasteiger partial charge is 0.423 e. The molecule has 0 amide bonds. The molecule has 2 aromatic carbocycles. The summed E-state index contributed by atoms with van der Waals surface area (Å²) in [7, 11) is 0. The average molecular weight is 415 g/mol. The number of nitrogens with zero attached hydrogens (tertiary/aromatic N) is 3. The van der Waals surface area contributed by atoms with E-state index >= 15 is 0 Å². The molecule has 6 nitrogen and oxygen atoms in total. The number of pyridine rings is 1. The fraction of sp³-hybridized carbons (Fsp3) is 0.240. The first-order valence-electron chi connectivity index (χ1n) is 10.3. The van der Waals surface area contributed by atoms with Gasteiger partial charge in [0.05, 0.1) is 16.6 Å². The second-order valence-electron chi connectivity index (χ2n) is 8.35. The number of ether oxygens (including phenoxy) is 1. The quantitative estimate of drug-likeness (QED) is 0.457. The van der Waals surface area contributed by atoms with Crippen LogP contribution in [0.1, 0.15) is 32.8 Å². The molecule has 31 heavy (non-hydrogen) atoms. The van der Waals surface area contributed by atoms with Gasteiger partial charge in [0.1, 0.15) is 5.60 Å². The number of hydrogen-bond donors (Lipinski definition) is 0. The van der Waals surface area contributed by atoms with Crippen molar-refractivity contribution in [2.75, 3.05) is 0 Å². The van der Waals surface area contributed by atoms with Crippen LogP contribution in [0.15, 0.2) is 71.7 Å². The number of hydrogen-bond acceptors (Lipinski definition) is 4. The molecule has 4 rings (SSSR count). The molecule has 0 aliphatic rings. The molecule has 158 valence electrons. The Morgan fingerprint density at radius 1 is 1.03 bits per heavy atom. The Morgan fingerprint density at radius 2 is 1.77 bits per heavy atom. The highest BCUT2D eigenvalue weighted by Crippen LogP contribution is 2.18. The zero-order valence-electron chi connectivity index (χ0n) is 17.9. The molecule has 0 aliphatic carbocycles. The number of benzene rings is 2. The molecule has 6 heteroatoms. The number of allylic oxidation sites excluding steroid dienone is 1. The fourth-order valence-electron chi connectivity index (χ4n) is 3.58. The van der Waals surface area contributed by atoms with Gasteiger partial charge in [-0.1, -0.05) is 48.6 Å². The molecule has 0 bridgehead atoms. The molecule has 0 spiro atoms. The van der Waals surface area contributed by atoms with Crippen molar-refractivity contribution in [1.29, 1.82) is 0 Å². The fourth-order valence-corrected chi connectivity index (χ4v) is 3.58. The summed E-state index contributed by atoms with van der Waals surface area (Å²) in [6, 6.07) is 17.3. The number of carbonyl (C=O) groups is 1. The van der Waals surface area contributed by atoms with Gasteiger partial charge in [-0.3, -0.25) is 9.55 Å². The molecule has 2 heterocycles. The molecule has 4 aromatic rings. The van der Waals surface area contributed by atoms with Gasteiger partial charge >= 0.3 is 11.8 Å². The van der Waals surface area contributed by atoms with Gasteiger partial charge in [-0.2, -0.15) is 4.57 Å². The van der Waals surface area contributed by atoms with E-state index < -0.39 is 17.4 Å². The first-order chi connectivity index (χ1) is 14.8. The van der Waals surface area contributed by atoms with Crippen molar-refractivity contribution in [3.05, 3.63) is 82.9 Å². The van der Waals surface area contributed by atoms with E-state index in [-0.39, 0.29) is 0 Å². The average Bonchev–Trinajstić information content (AvgIpc) is 3.01. The monoisotopic (exact) mass is 415 g/mol. The van der Waals surface area contributed by atoms with Crippen molar-refractivity contribution in [2.45, 2.75) is 39.3 Å². The molecule has 0 atom stereocenters. The Hall–Kier alpha value is -3.67. The van der Waals surface area contributed by atoms with Crippen LogP contribution in [0.4, 0.5) is 4.79 Å². The molecule has 2 aromatic heterocycles. The van der Waals surface area contributed by atoms with Crippen LogP contribution in [0.5, 0.6) is 0 Å². The highest BCUT2D eigenvalue weighted by Gasteiger charge is 2.23. The number of imidazole rings is 1. The number of fused-ring (bicyclic) bond motifs is 2. The normalized spacial score (nSPS) is 12.1. The lowest BCUT2D eigenvalue weighted by Crippen LogP contribution is -2.34. The van der Waals surface area contributed by atoms with Crippen molar-refractivity contribution >= 4 is 34.1 Å². The van der Waals surface area contributed by atoms with Crippen molar-refractivity contribution < 1.29 is 9.53 Å². The van der Waals surface area contributed by atoms with Crippen LogP contribution in [0, 0.1) is 0 Å². The molecular weight excluding hydrogens is 390 g/mol. The van der Waals surface area contributed by atoms with Gasteiger partial charge in [0.2, 0.25) is 0 Å². The maximum atomic E-state index is 13.0. The standard InChI is InChI=1S/C25H25N3O3/c1-25(2,3)31-24(30)28-21-15-5-4-14-20(21)27(23(28)29)17-7-6-10-18-11-8-12-19-13-9-16-26-22(18)19/h4-6,8-16H,7,17H2,1-3H3/b10-6+. The molecule has 0 saturated heterocycles. The summed E-state index contributed by atoms with van der Waals surface area (Å²) < 4.78 is 8.17. The van der Waals surface area contributed by atoms with Gasteiger partial charge in [-0.25, -0.2) is 9.59 Å². The lowest BCUT2D eigenvalue weighted by molar-refractivity contribution is 0.0537. The molecule has 0 radical (unpaired) electrons. The number of para-hydroxylation sites is 3.